The highest BCUT2D eigenvalue weighted by atomic mass is 32.3. The maximum atomic E-state index is 10.6. The van der Waals surface area contributed by atoms with Crippen LogP contribution in [0.5, 0.6) is 0 Å². The lowest BCUT2D eigenvalue weighted by Gasteiger charge is -2.23. The van der Waals surface area contributed by atoms with Gasteiger partial charge in [0.05, 0.1) is 11.7 Å². The van der Waals surface area contributed by atoms with Crippen molar-refractivity contribution in [3.05, 3.63) is 29.3 Å². The standard InChI is InChI=1S/C15H21N5O4S2/c1-4-20(8-5-9-24-26(21,22)23)13-6-7-14(12(2)10-13)17-18-15-19(3)16-11-25-15/h6-7,10-11H,4-5,8-9H2,1-3H3/p+1. The van der Waals surface area contributed by atoms with Crippen molar-refractivity contribution in [1.29, 1.82) is 0 Å². The maximum absolute atomic E-state index is 10.6. The van der Waals surface area contributed by atoms with Gasteiger partial charge in [-0.1, -0.05) is 5.10 Å². The van der Waals surface area contributed by atoms with Gasteiger partial charge in [-0.3, -0.25) is 4.55 Å². The normalized spacial score (nSPS) is 12.0. The smallest absolute Gasteiger partial charge is 0.372 e. The van der Waals surface area contributed by atoms with Crippen molar-refractivity contribution in [2.24, 2.45) is 17.3 Å². The fourth-order valence-corrected chi connectivity index (χ4v) is 3.19. The van der Waals surface area contributed by atoms with Crippen molar-refractivity contribution in [1.82, 2.24) is 5.10 Å². The third kappa shape index (κ3) is 6.09. The maximum Gasteiger partial charge on any atom is 0.429 e. The summed E-state index contributed by atoms with van der Waals surface area (Å²) in [7, 11) is -2.57. The third-order valence-electron chi connectivity index (χ3n) is 3.63. The van der Waals surface area contributed by atoms with E-state index in [-0.39, 0.29) is 6.61 Å². The Balaban J connectivity index is 2.02. The van der Waals surface area contributed by atoms with Crippen LogP contribution in [-0.4, -0.2) is 37.8 Å². The number of aromatic nitrogens is 2. The minimum absolute atomic E-state index is 0.0630. The molecule has 9 nitrogen and oxygen atoms in total. The second-order valence-electron chi connectivity index (χ2n) is 5.50. The molecule has 1 N–H and O–H groups in total. The molecule has 1 aromatic carbocycles. The monoisotopic (exact) mass is 400 g/mol. The minimum atomic E-state index is -4.38. The van der Waals surface area contributed by atoms with E-state index in [1.165, 1.54) is 11.3 Å². The minimum Gasteiger partial charge on any atom is -0.372 e. The quantitative estimate of drug-likeness (QED) is 0.300. The third-order valence-corrected chi connectivity index (χ3v) is 4.85. The number of hydrogen-bond acceptors (Lipinski definition) is 8. The first-order valence-corrected chi connectivity index (χ1v) is 10.2. The summed E-state index contributed by atoms with van der Waals surface area (Å²) in [6.07, 6.45) is 0.468. The summed E-state index contributed by atoms with van der Waals surface area (Å²) in [6, 6.07) is 5.85. The molecular formula is C15H22N5O4S2+. The Kier molecular flexibility index (Phi) is 7.14. The molecule has 0 saturated heterocycles. The van der Waals surface area contributed by atoms with E-state index in [1.807, 2.05) is 39.1 Å². The molecule has 26 heavy (non-hydrogen) atoms. The van der Waals surface area contributed by atoms with Gasteiger partial charge in [0.25, 0.3) is 0 Å². The molecule has 0 atom stereocenters. The van der Waals surface area contributed by atoms with Gasteiger partial charge < -0.3 is 4.90 Å². The highest BCUT2D eigenvalue weighted by Crippen LogP contribution is 2.26. The van der Waals surface area contributed by atoms with E-state index in [0.29, 0.717) is 18.1 Å². The van der Waals surface area contributed by atoms with E-state index in [9.17, 15) is 8.42 Å². The predicted octanol–water partition coefficient (Wildman–Crippen LogP) is 2.73. The molecule has 0 bridgehead atoms. The van der Waals surface area contributed by atoms with Gasteiger partial charge >= 0.3 is 15.5 Å². The number of azo groups is 1. The highest BCUT2D eigenvalue weighted by Gasteiger charge is 2.11. The van der Waals surface area contributed by atoms with Gasteiger partial charge in [-0.05, 0) is 60.5 Å². The highest BCUT2D eigenvalue weighted by molar-refractivity contribution is 7.80. The van der Waals surface area contributed by atoms with Crippen LogP contribution >= 0.6 is 11.3 Å². The lowest BCUT2D eigenvalue weighted by molar-refractivity contribution is -0.713. The molecular weight excluding hydrogens is 378 g/mol. The summed E-state index contributed by atoms with van der Waals surface area (Å²) < 4.78 is 35.7. The van der Waals surface area contributed by atoms with E-state index < -0.39 is 10.4 Å². The Bertz CT molecular complexity index is 867. The number of aryl methyl sites for hydroxylation is 2. The van der Waals surface area contributed by atoms with Gasteiger partial charge in [0.1, 0.15) is 18.2 Å². The first-order chi connectivity index (χ1) is 12.3. The summed E-state index contributed by atoms with van der Waals surface area (Å²) in [5, 5.41) is 13.3. The molecule has 0 radical (unpaired) electrons. The molecule has 2 rings (SSSR count). The van der Waals surface area contributed by atoms with Crippen LogP contribution in [0.25, 0.3) is 0 Å². The van der Waals surface area contributed by atoms with Gasteiger partial charge in [0.2, 0.25) is 0 Å². The number of rotatable bonds is 9. The molecule has 1 heterocycles. The Morgan fingerprint density at radius 2 is 2.15 bits per heavy atom. The van der Waals surface area contributed by atoms with Gasteiger partial charge in [0.15, 0.2) is 0 Å². The van der Waals surface area contributed by atoms with Crippen LogP contribution in [0.1, 0.15) is 18.9 Å². The summed E-state index contributed by atoms with van der Waals surface area (Å²) in [6.45, 7) is 5.26. The van der Waals surface area contributed by atoms with Gasteiger partial charge in [-0.15, -0.1) is 4.68 Å². The Morgan fingerprint density at radius 1 is 1.38 bits per heavy atom. The molecule has 0 fully saturated rings. The molecule has 0 unspecified atom stereocenters. The average Bonchev–Trinajstić information content (AvgIpc) is 2.98. The lowest BCUT2D eigenvalue weighted by atomic mass is 10.1. The van der Waals surface area contributed by atoms with Crippen molar-refractivity contribution in [2.45, 2.75) is 20.3 Å². The van der Waals surface area contributed by atoms with Crippen molar-refractivity contribution in [3.63, 3.8) is 0 Å². The molecule has 0 amide bonds. The van der Waals surface area contributed by atoms with Crippen LogP contribution in [0.2, 0.25) is 0 Å². The average molecular weight is 401 g/mol. The zero-order valence-corrected chi connectivity index (χ0v) is 16.5. The van der Waals surface area contributed by atoms with Crippen LogP contribution in [0.3, 0.4) is 0 Å². The predicted molar refractivity (Wildman–Crippen MR) is 98.6 cm³/mol. The largest absolute Gasteiger partial charge is 0.429 e. The van der Waals surface area contributed by atoms with Crippen LogP contribution < -0.4 is 9.58 Å². The summed E-state index contributed by atoms with van der Waals surface area (Å²) >= 11 is 1.41. The first-order valence-electron chi connectivity index (χ1n) is 7.99. The van der Waals surface area contributed by atoms with E-state index in [2.05, 4.69) is 24.4 Å². The fourth-order valence-electron chi connectivity index (χ4n) is 2.29. The number of hydrogen-bond donors (Lipinski definition) is 1. The Hall–Kier alpha value is -1.95. The molecule has 0 aliphatic rings. The zero-order chi connectivity index (χ0) is 19.2. The summed E-state index contributed by atoms with van der Waals surface area (Å²) in [5.41, 5.74) is 4.45. The van der Waals surface area contributed by atoms with Crippen molar-refractivity contribution >= 4 is 38.2 Å². The zero-order valence-electron chi connectivity index (χ0n) is 14.9. The van der Waals surface area contributed by atoms with E-state index in [1.54, 1.807) is 10.2 Å². The SMILES string of the molecule is CCN(CCCOS(=O)(=O)O)c1ccc(N=Nc2scn[n+]2C)c(C)c1. The van der Waals surface area contributed by atoms with Crippen LogP contribution in [0, 0.1) is 6.92 Å². The van der Waals surface area contributed by atoms with Crippen LogP contribution in [0.4, 0.5) is 16.5 Å². The topological polar surface area (TPSA) is 108 Å². The van der Waals surface area contributed by atoms with E-state index in [0.717, 1.165) is 23.5 Å². The number of benzene rings is 1. The molecule has 1 aromatic heterocycles. The number of nitrogens with zero attached hydrogens (tertiary/aromatic N) is 5. The molecule has 0 saturated carbocycles. The van der Waals surface area contributed by atoms with Gasteiger partial charge in [-0.2, -0.15) is 8.42 Å². The lowest BCUT2D eigenvalue weighted by Crippen LogP contribution is -2.28. The van der Waals surface area contributed by atoms with Gasteiger partial charge in [-0.25, -0.2) is 4.18 Å². The summed E-state index contributed by atoms with van der Waals surface area (Å²) in [5.74, 6) is 0. The fraction of sp³-hybridized carbons (Fsp3) is 0.467. The second-order valence-corrected chi connectivity index (χ2v) is 7.40. The first kappa shape index (κ1) is 20.4. The van der Waals surface area contributed by atoms with Crippen molar-refractivity contribution in [2.75, 3.05) is 24.6 Å². The number of anilines is 1. The molecule has 142 valence electrons. The van der Waals surface area contributed by atoms with E-state index in [4.69, 9.17) is 4.55 Å². The molecule has 2 aromatic rings. The Morgan fingerprint density at radius 3 is 2.73 bits per heavy atom. The molecule has 0 spiro atoms. The molecule has 0 aliphatic heterocycles. The van der Waals surface area contributed by atoms with Crippen LogP contribution in [0.15, 0.2) is 33.9 Å². The van der Waals surface area contributed by atoms with Crippen molar-refractivity contribution in [3.8, 4) is 0 Å². The van der Waals surface area contributed by atoms with Crippen LogP contribution in [-0.2, 0) is 21.6 Å². The van der Waals surface area contributed by atoms with Gasteiger partial charge in [0, 0.05) is 18.8 Å². The molecule has 0 aliphatic carbocycles. The van der Waals surface area contributed by atoms with Crippen molar-refractivity contribution < 1.29 is 21.8 Å². The molecule has 11 heteroatoms. The second kappa shape index (κ2) is 9.12. The van der Waals surface area contributed by atoms with E-state index >= 15 is 0 Å². The Labute approximate surface area is 156 Å². The summed E-state index contributed by atoms with van der Waals surface area (Å²) in [4.78, 5) is 2.09.